The van der Waals surface area contributed by atoms with Crippen LogP contribution in [0.25, 0.3) is 0 Å². The fourth-order valence-corrected chi connectivity index (χ4v) is 2.51. The molecular formula is C14H23NO4S. The van der Waals surface area contributed by atoms with Gasteiger partial charge in [0.05, 0.1) is 17.1 Å². The Bertz CT molecular complexity index is 498. The summed E-state index contributed by atoms with van der Waals surface area (Å²) in [5.74, 6) is 0. The topological polar surface area (TPSA) is 86.6 Å². The van der Waals surface area contributed by atoms with Gasteiger partial charge in [0, 0.05) is 19.3 Å². The largest absolute Gasteiger partial charge is 0.392 e. The molecule has 0 aliphatic carbocycles. The first-order valence-electron chi connectivity index (χ1n) is 6.71. The molecule has 20 heavy (non-hydrogen) atoms. The third-order valence-electron chi connectivity index (χ3n) is 3.03. The third kappa shape index (κ3) is 5.58. The number of rotatable bonds is 8. The summed E-state index contributed by atoms with van der Waals surface area (Å²) in [6, 6.07) is 6.18. The van der Waals surface area contributed by atoms with Crippen LogP contribution in [0.2, 0.25) is 0 Å². The van der Waals surface area contributed by atoms with Gasteiger partial charge in [0.1, 0.15) is 0 Å². The van der Waals surface area contributed by atoms with Crippen LogP contribution < -0.4 is 5.32 Å². The van der Waals surface area contributed by atoms with E-state index in [1.165, 1.54) is 12.1 Å². The van der Waals surface area contributed by atoms with Crippen molar-refractivity contribution in [1.82, 2.24) is 5.32 Å². The molecule has 1 aromatic carbocycles. The van der Waals surface area contributed by atoms with Gasteiger partial charge in [-0.1, -0.05) is 25.5 Å². The quantitative estimate of drug-likeness (QED) is 0.663. The first-order valence-corrected chi connectivity index (χ1v) is 8.60. The van der Waals surface area contributed by atoms with Crippen LogP contribution in [-0.4, -0.2) is 44.1 Å². The molecule has 114 valence electrons. The molecule has 0 aromatic heterocycles. The molecule has 0 amide bonds. The number of benzene rings is 1. The molecule has 5 nitrogen and oxygen atoms in total. The fourth-order valence-electron chi connectivity index (χ4n) is 1.88. The molecule has 3 N–H and O–H groups in total. The maximum Gasteiger partial charge on any atom is 0.175 e. The minimum absolute atomic E-state index is 0.236. The SMILES string of the molecule is CCCC(O)CNCC(O)c1ccc(S(C)(=O)=O)cc1. The highest BCUT2D eigenvalue weighted by Crippen LogP contribution is 2.16. The second-order valence-corrected chi connectivity index (χ2v) is 6.97. The summed E-state index contributed by atoms with van der Waals surface area (Å²) in [5, 5.41) is 22.5. The average Bonchev–Trinajstić information content (AvgIpc) is 2.38. The molecule has 0 heterocycles. The summed E-state index contributed by atoms with van der Waals surface area (Å²) in [4.78, 5) is 0.236. The van der Waals surface area contributed by atoms with Crippen molar-refractivity contribution in [2.24, 2.45) is 0 Å². The molecule has 1 rings (SSSR count). The fraction of sp³-hybridized carbons (Fsp3) is 0.571. The summed E-state index contributed by atoms with van der Waals surface area (Å²) in [6.45, 7) is 2.76. The number of nitrogens with one attached hydrogen (secondary N) is 1. The molecule has 0 fully saturated rings. The van der Waals surface area contributed by atoms with E-state index in [2.05, 4.69) is 5.32 Å². The Kier molecular flexibility index (Phi) is 6.61. The van der Waals surface area contributed by atoms with Gasteiger partial charge in [-0.2, -0.15) is 0 Å². The molecule has 0 aliphatic heterocycles. The minimum Gasteiger partial charge on any atom is -0.392 e. The second kappa shape index (κ2) is 7.73. The van der Waals surface area contributed by atoms with E-state index in [1.54, 1.807) is 12.1 Å². The van der Waals surface area contributed by atoms with E-state index in [4.69, 9.17) is 0 Å². The number of hydrogen-bond donors (Lipinski definition) is 3. The summed E-state index contributed by atoms with van der Waals surface area (Å²) in [6.07, 6.45) is 1.66. The Morgan fingerprint density at radius 2 is 1.75 bits per heavy atom. The first kappa shape index (κ1) is 17.1. The summed E-state index contributed by atoms with van der Waals surface area (Å²) < 4.78 is 22.6. The van der Waals surface area contributed by atoms with Crippen molar-refractivity contribution in [2.75, 3.05) is 19.3 Å². The van der Waals surface area contributed by atoms with E-state index in [-0.39, 0.29) is 4.90 Å². The van der Waals surface area contributed by atoms with Crippen LogP contribution in [-0.2, 0) is 9.84 Å². The van der Waals surface area contributed by atoms with Crippen molar-refractivity contribution in [3.63, 3.8) is 0 Å². The van der Waals surface area contributed by atoms with Crippen molar-refractivity contribution >= 4 is 9.84 Å². The van der Waals surface area contributed by atoms with Gasteiger partial charge < -0.3 is 15.5 Å². The molecule has 0 bridgehead atoms. The molecule has 0 saturated heterocycles. The van der Waals surface area contributed by atoms with Crippen molar-refractivity contribution < 1.29 is 18.6 Å². The van der Waals surface area contributed by atoms with Crippen molar-refractivity contribution in [3.8, 4) is 0 Å². The first-order chi connectivity index (χ1) is 9.34. The number of aliphatic hydroxyl groups excluding tert-OH is 2. The molecule has 6 heteroatoms. The highest BCUT2D eigenvalue weighted by molar-refractivity contribution is 7.90. The van der Waals surface area contributed by atoms with Crippen LogP contribution in [0.1, 0.15) is 31.4 Å². The molecule has 2 unspecified atom stereocenters. The van der Waals surface area contributed by atoms with E-state index in [1.807, 2.05) is 6.92 Å². The van der Waals surface area contributed by atoms with Crippen LogP contribution in [0.5, 0.6) is 0 Å². The van der Waals surface area contributed by atoms with Crippen molar-refractivity contribution in [1.29, 1.82) is 0 Å². The Morgan fingerprint density at radius 1 is 1.15 bits per heavy atom. The van der Waals surface area contributed by atoms with Crippen molar-refractivity contribution in [3.05, 3.63) is 29.8 Å². The van der Waals surface area contributed by atoms with Gasteiger partial charge in [0.2, 0.25) is 0 Å². The lowest BCUT2D eigenvalue weighted by Gasteiger charge is -2.15. The van der Waals surface area contributed by atoms with Crippen LogP contribution in [0.3, 0.4) is 0 Å². The summed E-state index contributed by atoms with van der Waals surface area (Å²) in [7, 11) is -3.21. The lowest BCUT2D eigenvalue weighted by Crippen LogP contribution is -2.30. The van der Waals surface area contributed by atoms with Gasteiger partial charge in [-0.05, 0) is 24.1 Å². The molecule has 0 saturated carbocycles. The third-order valence-corrected chi connectivity index (χ3v) is 4.16. The number of aliphatic hydroxyl groups is 2. The van der Waals surface area contributed by atoms with E-state index in [9.17, 15) is 18.6 Å². The second-order valence-electron chi connectivity index (χ2n) is 4.96. The standard InChI is InChI=1S/C14H23NO4S/c1-3-4-12(16)9-15-10-14(17)11-5-7-13(8-6-11)20(2,18)19/h5-8,12,14-17H,3-4,9-10H2,1-2H3. The highest BCUT2D eigenvalue weighted by atomic mass is 32.2. The van der Waals surface area contributed by atoms with Crippen LogP contribution in [0.15, 0.2) is 29.2 Å². The van der Waals surface area contributed by atoms with E-state index in [0.717, 1.165) is 19.1 Å². The van der Waals surface area contributed by atoms with E-state index in [0.29, 0.717) is 18.7 Å². The van der Waals surface area contributed by atoms with Crippen LogP contribution in [0, 0.1) is 0 Å². The van der Waals surface area contributed by atoms with Crippen LogP contribution in [0.4, 0.5) is 0 Å². The average molecular weight is 301 g/mol. The predicted octanol–water partition coefficient (Wildman–Crippen LogP) is 0.874. The van der Waals surface area contributed by atoms with E-state index < -0.39 is 22.0 Å². The molecule has 0 aliphatic rings. The van der Waals surface area contributed by atoms with Gasteiger partial charge in [-0.25, -0.2) is 8.42 Å². The van der Waals surface area contributed by atoms with Crippen molar-refractivity contribution in [2.45, 2.75) is 36.9 Å². The Hall–Kier alpha value is -0.950. The van der Waals surface area contributed by atoms with Gasteiger partial charge >= 0.3 is 0 Å². The molecule has 2 atom stereocenters. The lowest BCUT2D eigenvalue weighted by atomic mass is 10.1. The van der Waals surface area contributed by atoms with Crippen LogP contribution >= 0.6 is 0 Å². The smallest absolute Gasteiger partial charge is 0.175 e. The Morgan fingerprint density at radius 3 is 2.25 bits per heavy atom. The van der Waals surface area contributed by atoms with E-state index >= 15 is 0 Å². The monoisotopic (exact) mass is 301 g/mol. The normalized spacial score (nSPS) is 15.0. The molecule has 0 radical (unpaired) electrons. The maximum atomic E-state index is 11.3. The molecule has 1 aromatic rings. The van der Waals surface area contributed by atoms with Gasteiger partial charge in [-0.3, -0.25) is 0 Å². The zero-order chi connectivity index (χ0) is 15.2. The Balaban J connectivity index is 2.50. The Labute approximate surface area is 120 Å². The lowest BCUT2D eigenvalue weighted by molar-refractivity contribution is 0.140. The molecular weight excluding hydrogens is 278 g/mol. The zero-order valence-corrected chi connectivity index (χ0v) is 12.7. The highest BCUT2D eigenvalue weighted by Gasteiger charge is 2.11. The van der Waals surface area contributed by atoms with Gasteiger partial charge in [-0.15, -0.1) is 0 Å². The summed E-state index contributed by atoms with van der Waals surface area (Å²) >= 11 is 0. The summed E-state index contributed by atoms with van der Waals surface area (Å²) in [5.41, 5.74) is 0.648. The van der Waals surface area contributed by atoms with Gasteiger partial charge in [0.15, 0.2) is 9.84 Å². The zero-order valence-electron chi connectivity index (χ0n) is 11.9. The predicted molar refractivity (Wildman–Crippen MR) is 78.3 cm³/mol. The van der Waals surface area contributed by atoms with Gasteiger partial charge in [0.25, 0.3) is 0 Å². The molecule has 0 spiro atoms. The number of sulfone groups is 1. The minimum atomic E-state index is -3.21. The maximum absolute atomic E-state index is 11.3. The number of hydrogen-bond acceptors (Lipinski definition) is 5.